The first-order chi connectivity index (χ1) is 5.69. The van der Waals surface area contributed by atoms with Gasteiger partial charge >= 0.3 is 0 Å². The SMILES string of the molecule is CSc1nc(=O)c(Cl)c(CCl)[nH]1. The summed E-state index contributed by atoms with van der Waals surface area (Å²) >= 11 is 12.5. The quantitative estimate of drug-likeness (QED) is 0.475. The number of nitrogens with zero attached hydrogens (tertiary/aromatic N) is 1. The minimum Gasteiger partial charge on any atom is -0.336 e. The molecule has 0 aromatic carbocycles. The Hall–Kier alpha value is -0.190. The summed E-state index contributed by atoms with van der Waals surface area (Å²) in [6, 6.07) is 0. The van der Waals surface area contributed by atoms with Gasteiger partial charge in [0, 0.05) is 0 Å². The van der Waals surface area contributed by atoms with Gasteiger partial charge in [-0.2, -0.15) is 4.98 Å². The second kappa shape index (κ2) is 4.16. The van der Waals surface area contributed by atoms with E-state index in [1.807, 2.05) is 6.26 Å². The van der Waals surface area contributed by atoms with Gasteiger partial charge in [0.15, 0.2) is 5.16 Å². The van der Waals surface area contributed by atoms with Gasteiger partial charge in [-0.15, -0.1) is 11.6 Å². The number of aromatic nitrogens is 2. The van der Waals surface area contributed by atoms with Crippen LogP contribution in [0, 0.1) is 0 Å². The van der Waals surface area contributed by atoms with Crippen molar-refractivity contribution >= 4 is 35.0 Å². The molecule has 0 amide bonds. The van der Waals surface area contributed by atoms with Crippen molar-refractivity contribution in [2.75, 3.05) is 6.26 Å². The van der Waals surface area contributed by atoms with Gasteiger partial charge in [-0.25, -0.2) is 0 Å². The van der Waals surface area contributed by atoms with Gasteiger partial charge in [-0.1, -0.05) is 23.4 Å². The van der Waals surface area contributed by atoms with Crippen LogP contribution in [0.5, 0.6) is 0 Å². The predicted octanol–water partition coefficient (Wildman–Crippen LogP) is 1.88. The van der Waals surface area contributed by atoms with Gasteiger partial charge < -0.3 is 4.98 Å². The highest BCUT2D eigenvalue weighted by Gasteiger charge is 2.06. The van der Waals surface area contributed by atoms with E-state index >= 15 is 0 Å². The maximum absolute atomic E-state index is 11.0. The molecule has 6 heteroatoms. The van der Waals surface area contributed by atoms with Crippen molar-refractivity contribution in [2.24, 2.45) is 0 Å². The molecule has 0 aliphatic carbocycles. The number of hydrogen-bond donors (Lipinski definition) is 1. The topological polar surface area (TPSA) is 45.8 Å². The van der Waals surface area contributed by atoms with Crippen LogP contribution in [0.4, 0.5) is 0 Å². The number of thioether (sulfide) groups is 1. The van der Waals surface area contributed by atoms with Crippen molar-refractivity contribution in [3.05, 3.63) is 21.1 Å². The molecule has 0 unspecified atom stereocenters. The number of H-pyrrole nitrogens is 1. The molecule has 0 aliphatic rings. The molecular formula is C6H6Cl2N2OS. The highest BCUT2D eigenvalue weighted by molar-refractivity contribution is 7.98. The van der Waals surface area contributed by atoms with E-state index in [1.54, 1.807) is 0 Å². The number of alkyl halides is 1. The van der Waals surface area contributed by atoms with E-state index in [2.05, 4.69) is 9.97 Å². The van der Waals surface area contributed by atoms with Crippen molar-refractivity contribution < 1.29 is 0 Å². The molecule has 12 heavy (non-hydrogen) atoms. The molecule has 0 saturated heterocycles. The summed E-state index contributed by atoms with van der Waals surface area (Å²) in [5.74, 6) is 0.185. The highest BCUT2D eigenvalue weighted by atomic mass is 35.5. The minimum atomic E-state index is -0.435. The Bertz CT molecular complexity index is 339. The van der Waals surface area contributed by atoms with Crippen LogP contribution >= 0.6 is 35.0 Å². The molecule has 0 atom stereocenters. The largest absolute Gasteiger partial charge is 0.336 e. The molecule has 0 saturated carbocycles. The van der Waals surface area contributed by atoms with Crippen LogP contribution in [0.2, 0.25) is 5.02 Å². The Balaban J connectivity index is 3.29. The second-order valence-electron chi connectivity index (χ2n) is 1.98. The Morgan fingerprint density at radius 3 is 2.83 bits per heavy atom. The number of rotatable bonds is 2. The van der Waals surface area contributed by atoms with Crippen molar-refractivity contribution in [2.45, 2.75) is 11.0 Å². The standard InChI is InChI=1S/C6H6Cl2N2OS/c1-12-6-9-3(2-7)4(8)5(11)10-6/h2H2,1H3,(H,9,10,11). The van der Waals surface area contributed by atoms with Crippen LogP contribution in [0.25, 0.3) is 0 Å². The molecule has 66 valence electrons. The van der Waals surface area contributed by atoms with Crippen LogP contribution in [-0.4, -0.2) is 16.2 Å². The van der Waals surface area contributed by atoms with Crippen molar-refractivity contribution in [1.82, 2.24) is 9.97 Å². The molecule has 0 aliphatic heterocycles. The molecule has 0 radical (unpaired) electrons. The fourth-order valence-electron chi connectivity index (χ4n) is 0.671. The Morgan fingerprint density at radius 2 is 2.33 bits per heavy atom. The molecule has 1 aromatic heterocycles. The zero-order valence-corrected chi connectivity index (χ0v) is 8.56. The smallest absolute Gasteiger partial charge is 0.292 e. The molecule has 1 aromatic rings. The van der Waals surface area contributed by atoms with Crippen LogP contribution < -0.4 is 5.56 Å². The fraction of sp³-hybridized carbons (Fsp3) is 0.333. The van der Waals surface area contributed by atoms with Crippen molar-refractivity contribution in [1.29, 1.82) is 0 Å². The summed E-state index contributed by atoms with van der Waals surface area (Å²) in [6.07, 6.45) is 1.81. The first-order valence-electron chi connectivity index (χ1n) is 3.07. The zero-order chi connectivity index (χ0) is 9.14. The van der Waals surface area contributed by atoms with Crippen molar-refractivity contribution in [3.63, 3.8) is 0 Å². The van der Waals surface area contributed by atoms with Gasteiger partial charge in [-0.3, -0.25) is 4.79 Å². The molecule has 3 nitrogen and oxygen atoms in total. The third-order valence-corrected chi connectivity index (χ3v) is 2.48. The number of nitrogens with one attached hydrogen (secondary N) is 1. The first kappa shape index (κ1) is 9.89. The maximum Gasteiger partial charge on any atom is 0.292 e. The van der Waals surface area contributed by atoms with E-state index < -0.39 is 5.56 Å². The monoisotopic (exact) mass is 224 g/mol. The second-order valence-corrected chi connectivity index (χ2v) is 3.42. The molecular weight excluding hydrogens is 219 g/mol. The van der Waals surface area contributed by atoms with Gasteiger partial charge in [0.2, 0.25) is 0 Å². The van der Waals surface area contributed by atoms with Gasteiger partial charge in [-0.05, 0) is 6.26 Å². The third-order valence-electron chi connectivity index (χ3n) is 1.24. The van der Waals surface area contributed by atoms with Gasteiger partial charge in [0.05, 0.1) is 11.6 Å². The number of hydrogen-bond acceptors (Lipinski definition) is 3. The summed E-state index contributed by atoms with van der Waals surface area (Å²) in [7, 11) is 0. The zero-order valence-electron chi connectivity index (χ0n) is 6.23. The summed E-state index contributed by atoms with van der Waals surface area (Å²) in [5, 5.41) is 0.600. The average molecular weight is 225 g/mol. The third kappa shape index (κ3) is 1.94. The van der Waals surface area contributed by atoms with Gasteiger partial charge in [0.25, 0.3) is 5.56 Å². The average Bonchev–Trinajstić information content (AvgIpc) is 2.09. The normalized spacial score (nSPS) is 10.2. The lowest BCUT2D eigenvalue weighted by atomic mass is 10.4. The van der Waals surface area contributed by atoms with E-state index in [4.69, 9.17) is 23.2 Å². The Morgan fingerprint density at radius 1 is 1.67 bits per heavy atom. The predicted molar refractivity (Wildman–Crippen MR) is 51.2 cm³/mol. The van der Waals surface area contributed by atoms with Crippen LogP contribution in [-0.2, 0) is 5.88 Å². The molecule has 1 N–H and O–H groups in total. The number of halogens is 2. The molecule has 0 fully saturated rings. The Labute approximate surface area is 83.5 Å². The van der Waals surface area contributed by atoms with E-state index in [0.717, 1.165) is 0 Å². The Kier molecular flexibility index (Phi) is 3.43. The van der Waals surface area contributed by atoms with Crippen LogP contribution in [0.15, 0.2) is 9.95 Å². The van der Waals surface area contributed by atoms with E-state index in [1.165, 1.54) is 11.8 Å². The fourth-order valence-corrected chi connectivity index (χ4v) is 1.50. The highest BCUT2D eigenvalue weighted by Crippen LogP contribution is 2.13. The van der Waals surface area contributed by atoms with E-state index in [9.17, 15) is 4.79 Å². The maximum atomic E-state index is 11.0. The van der Waals surface area contributed by atoms with E-state index in [-0.39, 0.29) is 10.9 Å². The molecule has 0 bridgehead atoms. The molecule has 1 heterocycles. The lowest BCUT2D eigenvalue weighted by Gasteiger charge is -2.00. The van der Waals surface area contributed by atoms with E-state index in [0.29, 0.717) is 10.9 Å². The lowest BCUT2D eigenvalue weighted by Crippen LogP contribution is -2.11. The van der Waals surface area contributed by atoms with Crippen molar-refractivity contribution in [3.8, 4) is 0 Å². The van der Waals surface area contributed by atoms with Crippen LogP contribution in [0.1, 0.15) is 5.69 Å². The number of aromatic amines is 1. The summed E-state index contributed by atoms with van der Waals surface area (Å²) in [6.45, 7) is 0. The molecule has 0 spiro atoms. The summed E-state index contributed by atoms with van der Waals surface area (Å²) in [5.41, 5.74) is 0.0816. The van der Waals surface area contributed by atoms with Crippen LogP contribution in [0.3, 0.4) is 0 Å². The molecule has 1 rings (SSSR count). The van der Waals surface area contributed by atoms with Gasteiger partial charge in [0.1, 0.15) is 5.02 Å². The minimum absolute atomic E-state index is 0.0720. The lowest BCUT2D eigenvalue weighted by molar-refractivity contribution is 0.901. The summed E-state index contributed by atoms with van der Waals surface area (Å²) < 4.78 is 0. The summed E-state index contributed by atoms with van der Waals surface area (Å²) in [4.78, 5) is 17.5. The first-order valence-corrected chi connectivity index (χ1v) is 5.21.